The summed E-state index contributed by atoms with van der Waals surface area (Å²) in [5, 5.41) is 3.25. The van der Waals surface area contributed by atoms with Crippen LogP contribution in [0.5, 0.6) is 0 Å². The van der Waals surface area contributed by atoms with Gasteiger partial charge in [0, 0.05) is 5.69 Å². The van der Waals surface area contributed by atoms with Gasteiger partial charge in [0.15, 0.2) is 0 Å². The predicted octanol–water partition coefficient (Wildman–Crippen LogP) is 1.95. The number of hydrogen-bond donors (Lipinski definition) is 3. The minimum Gasteiger partial charge on any atom is -0.371 e. The van der Waals surface area contributed by atoms with Crippen LogP contribution in [0.1, 0.15) is 30.9 Å². The molecule has 4 N–H and O–H groups in total. The number of hydrazine groups is 1. The standard InChI is InChI=1S/C11H19N3/c1-8(2)10-5-4-9(3)6-11(10)13-7-14-12/h4-6,8,13-14H,7,12H2,1-3H3. The van der Waals surface area contributed by atoms with Crippen LogP contribution in [-0.4, -0.2) is 6.67 Å². The van der Waals surface area contributed by atoms with Gasteiger partial charge in [-0.2, -0.15) is 0 Å². The van der Waals surface area contributed by atoms with Crippen LogP contribution in [0.2, 0.25) is 0 Å². The van der Waals surface area contributed by atoms with Crippen LogP contribution in [0, 0.1) is 6.92 Å². The van der Waals surface area contributed by atoms with Gasteiger partial charge in [0.25, 0.3) is 0 Å². The molecule has 0 saturated carbocycles. The van der Waals surface area contributed by atoms with Crippen LogP contribution in [0.3, 0.4) is 0 Å². The molecule has 0 bridgehead atoms. The van der Waals surface area contributed by atoms with E-state index in [1.807, 2.05) is 0 Å². The molecule has 0 aliphatic carbocycles. The first-order valence-electron chi connectivity index (χ1n) is 4.93. The van der Waals surface area contributed by atoms with Gasteiger partial charge in [-0.05, 0) is 30.0 Å². The van der Waals surface area contributed by atoms with Crippen LogP contribution < -0.4 is 16.6 Å². The summed E-state index contributed by atoms with van der Waals surface area (Å²) < 4.78 is 0. The van der Waals surface area contributed by atoms with E-state index in [4.69, 9.17) is 5.84 Å². The van der Waals surface area contributed by atoms with Crippen molar-refractivity contribution < 1.29 is 0 Å². The van der Waals surface area contributed by atoms with E-state index in [-0.39, 0.29) is 0 Å². The van der Waals surface area contributed by atoms with Gasteiger partial charge >= 0.3 is 0 Å². The van der Waals surface area contributed by atoms with Gasteiger partial charge in [-0.1, -0.05) is 26.0 Å². The summed E-state index contributed by atoms with van der Waals surface area (Å²) in [6.45, 7) is 7.05. The first kappa shape index (κ1) is 11.0. The topological polar surface area (TPSA) is 50.1 Å². The lowest BCUT2D eigenvalue weighted by molar-refractivity contribution is 0.784. The molecule has 14 heavy (non-hydrogen) atoms. The number of hydrogen-bond acceptors (Lipinski definition) is 3. The third-order valence-corrected chi connectivity index (χ3v) is 2.21. The molecule has 3 nitrogen and oxygen atoms in total. The second-order valence-electron chi connectivity index (χ2n) is 3.80. The van der Waals surface area contributed by atoms with Gasteiger partial charge in [-0.25, -0.2) is 5.43 Å². The normalized spacial score (nSPS) is 10.6. The molecule has 0 saturated heterocycles. The number of aryl methyl sites for hydroxylation is 1. The van der Waals surface area contributed by atoms with Gasteiger partial charge in [0.2, 0.25) is 0 Å². The SMILES string of the molecule is Cc1ccc(C(C)C)c(NCNN)c1. The van der Waals surface area contributed by atoms with Crippen molar-refractivity contribution in [3.63, 3.8) is 0 Å². The first-order chi connectivity index (χ1) is 6.65. The molecule has 1 aromatic rings. The highest BCUT2D eigenvalue weighted by Gasteiger charge is 2.05. The van der Waals surface area contributed by atoms with Gasteiger partial charge in [0.05, 0.1) is 6.67 Å². The Morgan fingerprint density at radius 2 is 2.07 bits per heavy atom. The predicted molar refractivity (Wildman–Crippen MR) is 61.1 cm³/mol. The molecule has 78 valence electrons. The van der Waals surface area contributed by atoms with E-state index in [0.717, 1.165) is 5.69 Å². The largest absolute Gasteiger partial charge is 0.371 e. The molecule has 0 atom stereocenters. The minimum absolute atomic E-state index is 0.524. The number of anilines is 1. The molecular formula is C11H19N3. The van der Waals surface area contributed by atoms with E-state index in [9.17, 15) is 0 Å². The lowest BCUT2D eigenvalue weighted by atomic mass is 9.99. The quantitative estimate of drug-likeness (QED) is 0.389. The van der Waals surface area contributed by atoms with Crippen molar-refractivity contribution in [1.82, 2.24) is 5.43 Å². The third kappa shape index (κ3) is 2.72. The van der Waals surface area contributed by atoms with Gasteiger partial charge < -0.3 is 5.32 Å². The lowest BCUT2D eigenvalue weighted by Crippen LogP contribution is -2.28. The van der Waals surface area contributed by atoms with E-state index in [0.29, 0.717) is 12.6 Å². The van der Waals surface area contributed by atoms with Crippen molar-refractivity contribution in [2.24, 2.45) is 5.84 Å². The zero-order valence-electron chi connectivity index (χ0n) is 9.09. The Hall–Kier alpha value is -1.06. The number of nitrogens with two attached hydrogens (primary N) is 1. The van der Waals surface area contributed by atoms with Crippen molar-refractivity contribution in [3.8, 4) is 0 Å². The highest BCUT2D eigenvalue weighted by atomic mass is 15.3. The fraction of sp³-hybridized carbons (Fsp3) is 0.455. The average molecular weight is 193 g/mol. The van der Waals surface area contributed by atoms with Crippen LogP contribution in [0.15, 0.2) is 18.2 Å². The molecule has 0 aromatic heterocycles. The molecule has 0 amide bonds. The second kappa shape index (κ2) is 4.98. The molecule has 0 unspecified atom stereocenters. The third-order valence-electron chi connectivity index (χ3n) is 2.21. The molecule has 0 radical (unpaired) electrons. The van der Waals surface area contributed by atoms with Crippen molar-refractivity contribution in [2.75, 3.05) is 12.0 Å². The molecule has 0 aliphatic heterocycles. The van der Waals surface area contributed by atoms with Crippen LogP contribution in [0.25, 0.3) is 0 Å². The number of rotatable bonds is 4. The highest BCUT2D eigenvalue weighted by Crippen LogP contribution is 2.24. The van der Waals surface area contributed by atoms with E-state index < -0.39 is 0 Å². The fourth-order valence-electron chi connectivity index (χ4n) is 1.47. The average Bonchev–Trinajstić information content (AvgIpc) is 2.14. The zero-order chi connectivity index (χ0) is 10.6. The Morgan fingerprint density at radius 1 is 1.36 bits per heavy atom. The number of nitrogens with one attached hydrogen (secondary N) is 2. The summed E-state index contributed by atoms with van der Waals surface area (Å²) in [4.78, 5) is 0. The summed E-state index contributed by atoms with van der Waals surface area (Å²) in [6.07, 6.45) is 0. The Kier molecular flexibility index (Phi) is 3.92. The van der Waals surface area contributed by atoms with Crippen LogP contribution in [-0.2, 0) is 0 Å². The van der Waals surface area contributed by atoms with Crippen LogP contribution in [0.4, 0.5) is 5.69 Å². The molecule has 3 heteroatoms. The molecule has 1 rings (SSSR count). The van der Waals surface area contributed by atoms with E-state index in [2.05, 4.69) is 49.7 Å². The molecule has 1 aromatic carbocycles. The zero-order valence-corrected chi connectivity index (χ0v) is 9.09. The summed E-state index contributed by atoms with van der Waals surface area (Å²) in [5.74, 6) is 5.75. The Labute approximate surface area is 85.7 Å². The maximum Gasteiger partial charge on any atom is 0.0780 e. The Morgan fingerprint density at radius 3 is 2.64 bits per heavy atom. The van der Waals surface area contributed by atoms with E-state index >= 15 is 0 Å². The smallest absolute Gasteiger partial charge is 0.0780 e. The molecule has 0 fully saturated rings. The van der Waals surface area contributed by atoms with Gasteiger partial charge in [0.1, 0.15) is 0 Å². The Balaban J connectivity index is 2.91. The van der Waals surface area contributed by atoms with E-state index in [1.165, 1.54) is 11.1 Å². The minimum atomic E-state index is 0.524. The molecule has 0 aliphatic rings. The van der Waals surface area contributed by atoms with Gasteiger partial charge in [-0.15, -0.1) is 0 Å². The molecule has 0 heterocycles. The summed E-state index contributed by atoms with van der Waals surface area (Å²) in [5.41, 5.74) is 6.34. The first-order valence-corrected chi connectivity index (χ1v) is 4.93. The molecular weight excluding hydrogens is 174 g/mol. The van der Waals surface area contributed by atoms with E-state index in [1.54, 1.807) is 0 Å². The maximum atomic E-state index is 5.23. The monoisotopic (exact) mass is 193 g/mol. The maximum absolute atomic E-state index is 5.23. The fourth-order valence-corrected chi connectivity index (χ4v) is 1.47. The Bertz CT molecular complexity index is 295. The van der Waals surface area contributed by atoms with Crippen molar-refractivity contribution in [1.29, 1.82) is 0 Å². The van der Waals surface area contributed by atoms with Crippen molar-refractivity contribution in [3.05, 3.63) is 29.3 Å². The van der Waals surface area contributed by atoms with Crippen molar-refractivity contribution in [2.45, 2.75) is 26.7 Å². The van der Waals surface area contributed by atoms with Crippen LogP contribution >= 0.6 is 0 Å². The summed E-state index contributed by atoms with van der Waals surface area (Å²) in [7, 11) is 0. The lowest BCUT2D eigenvalue weighted by Gasteiger charge is -2.15. The number of benzene rings is 1. The summed E-state index contributed by atoms with van der Waals surface area (Å²) in [6, 6.07) is 6.45. The second-order valence-corrected chi connectivity index (χ2v) is 3.80. The summed E-state index contributed by atoms with van der Waals surface area (Å²) >= 11 is 0. The highest BCUT2D eigenvalue weighted by molar-refractivity contribution is 5.54. The van der Waals surface area contributed by atoms with Crippen molar-refractivity contribution >= 4 is 5.69 Å². The molecule has 0 spiro atoms. The van der Waals surface area contributed by atoms with Gasteiger partial charge in [-0.3, -0.25) is 5.84 Å².